The molecule has 1 amide bonds. The predicted octanol–water partition coefficient (Wildman–Crippen LogP) is 1.47. The number of hydrogen-bond acceptors (Lipinski definition) is 2. The van der Waals surface area contributed by atoms with Crippen molar-refractivity contribution in [3.8, 4) is 0 Å². The first-order valence-corrected chi connectivity index (χ1v) is 5.12. The van der Waals surface area contributed by atoms with Gasteiger partial charge >= 0.3 is 0 Å². The maximum Gasteiger partial charge on any atom is 0.252 e. The Bertz CT molecular complexity index is 281. The fourth-order valence-corrected chi connectivity index (χ4v) is 1.81. The van der Waals surface area contributed by atoms with Gasteiger partial charge in [-0.25, -0.2) is 0 Å². The average Bonchev–Trinajstić information content (AvgIpc) is 2.47. The highest BCUT2D eigenvalue weighted by atomic mass is 16.5. The fraction of sp³-hybridized carbons (Fsp3) is 0.545. The van der Waals surface area contributed by atoms with Gasteiger partial charge in [0.05, 0.1) is 6.61 Å². The second-order valence-electron chi connectivity index (χ2n) is 3.58. The third-order valence-electron chi connectivity index (χ3n) is 2.56. The summed E-state index contributed by atoms with van der Waals surface area (Å²) in [5.41, 5.74) is 1.15. The Morgan fingerprint density at radius 1 is 1.43 bits per heavy atom. The van der Waals surface area contributed by atoms with Gasteiger partial charge in [0.2, 0.25) is 0 Å². The van der Waals surface area contributed by atoms with Gasteiger partial charge in [-0.3, -0.25) is 4.79 Å². The van der Waals surface area contributed by atoms with Gasteiger partial charge in [-0.05, 0) is 25.3 Å². The van der Waals surface area contributed by atoms with Crippen molar-refractivity contribution in [1.29, 1.82) is 0 Å². The van der Waals surface area contributed by atoms with Crippen molar-refractivity contribution in [3.63, 3.8) is 0 Å². The molecule has 2 aliphatic rings. The molecule has 0 aromatic heterocycles. The van der Waals surface area contributed by atoms with E-state index in [1.165, 1.54) is 0 Å². The molecular formula is C11H15NO2. The number of allylic oxidation sites excluding steroid dienone is 4. The highest BCUT2D eigenvalue weighted by molar-refractivity contribution is 5.79. The molecule has 0 N–H and O–H groups in total. The highest BCUT2D eigenvalue weighted by Crippen LogP contribution is 2.18. The first kappa shape index (κ1) is 9.46. The summed E-state index contributed by atoms with van der Waals surface area (Å²) in [5, 5.41) is 0. The molecule has 3 heteroatoms. The SMILES string of the molecule is O=C1COCCN1C1=CC=CCCC1. The third-order valence-corrected chi connectivity index (χ3v) is 2.56. The Hall–Kier alpha value is -1.09. The van der Waals surface area contributed by atoms with Gasteiger partial charge in [-0.1, -0.05) is 12.2 Å². The van der Waals surface area contributed by atoms with E-state index in [0.29, 0.717) is 13.2 Å². The molecule has 14 heavy (non-hydrogen) atoms. The summed E-state index contributed by atoms with van der Waals surface area (Å²) in [6.45, 7) is 1.60. The van der Waals surface area contributed by atoms with E-state index in [1.807, 2.05) is 11.0 Å². The number of carbonyl (C=O) groups excluding carboxylic acids is 1. The zero-order chi connectivity index (χ0) is 9.80. The summed E-state index contributed by atoms with van der Waals surface area (Å²) in [7, 11) is 0. The lowest BCUT2D eigenvalue weighted by Crippen LogP contribution is -2.40. The second-order valence-corrected chi connectivity index (χ2v) is 3.58. The Kier molecular flexibility index (Phi) is 2.99. The lowest BCUT2D eigenvalue weighted by molar-refractivity contribution is -0.140. The summed E-state index contributed by atoms with van der Waals surface area (Å²) in [4.78, 5) is 13.4. The van der Waals surface area contributed by atoms with E-state index < -0.39 is 0 Å². The van der Waals surface area contributed by atoms with Gasteiger partial charge in [0.25, 0.3) is 5.91 Å². The molecule has 3 nitrogen and oxygen atoms in total. The van der Waals surface area contributed by atoms with Crippen LogP contribution in [0.4, 0.5) is 0 Å². The molecule has 2 rings (SSSR count). The molecule has 0 aromatic rings. The van der Waals surface area contributed by atoms with Crippen LogP contribution in [-0.2, 0) is 9.53 Å². The number of amides is 1. The van der Waals surface area contributed by atoms with E-state index in [4.69, 9.17) is 4.74 Å². The van der Waals surface area contributed by atoms with Crippen molar-refractivity contribution >= 4 is 5.91 Å². The van der Waals surface area contributed by atoms with Gasteiger partial charge in [-0.2, -0.15) is 0 Å². The van der Waals surface area contributed by atoms with Crippen LogP contribution in [0.25, 0.3) is 0 Å². The van der Waals surface area contributed by atoms with Gasteiger partial charge in [0, 0.05) is 12.2 Å². The van der Waals surface area contributed by atoms with Crippen LogP contribution in [-0.4, -0.2) is 30.6 Å². The molecule has 1 saturated heterocycles. The van der Waals surface area contributed by atoms with Crippen LogP contribution in [0.1, 0.15) is 19.3 Å². The minimum Gasteiger partial charge on any atom is -0.370 e. The van der Waals surface area contributed by atoms with E-state index in [9.17, 15) is 4.79 Å². The van der Waals surface area contributed by atoms with Gasteiger partial charge in [-0.15, -0.1) is 0 Å². The Morgan fingerprint density at radius 2 is 2.36 bits per heavy atom. The molecule has 1 aliphatic heterocycles. The zero-order valence-corrected chi connectivity index (χ0v) is 8.24. The van der Waals surface area contributed by atoms with E-state index in [2.05, 4.69) is 12.2 Å². The molecule has 0 radical (unpaired) electrons. The molecule has 0 atom stereocenters. The number of nitrogens with zero attached hydrogens (tertiary/aromatic N) is 1. The fourth-order valence-electron chi connectivity index (χ4n) is 1.81. The first-order valence-electron chi connectivity index (χ1n) is 5.12. The van der Waals surface area contributed by atoms with E-state index in [-0.39, 0.29) is 12.5 Å². The minimum absolute atomic E-state index is 0.0952. The van der Waals surface area contributed by atoms with Crippen LogP contribution in [0.15, 0.2) is 23.9 Å². The Labute approximate surface area is 84.0 Å². The Morgan fingerprint density at radius 3 is 3.21 bits per heavy atom. The van der Waals surface area contributed by atoms with Crippen molar-refractivity contribution in [3.05, 3.63) is 23.9 Å². The summed E-state index contributed by atoms with van der Waals surface area (Å²) in [5.74, 6) is 0.0952. The van der Waals surface area contributed by atoms with Crippen molar-refractivity contribution in [2.45, 2.75) is 19.3 Å². The topological polar surface area (TPSA) is 29.5 Å². The molecule has 0 spiro atoms. The summed E-state index contributed by atoms with van der Waals surface area (Å²) in [6.07, 6.45) is 9.49. The number of hydrogen-bond donors (Lipinski definition) is 0. The van der Waals surface area contributed by atoms with E-state index in [1.54, 1.807) is 0 Å². The summed E-state index contributed by atoms with van der Waals surface area (Å²) < 4.78 is 5.10. The molecule has 76 valence electrons. The lowest BCUT2D eigenvalue weighted by atomic mass is 10.2. The van der Waals surface area contributed by atoms with Crippen LogP contribution in [0.2, 0.25) is 0 Å². The minimum atomic E-state index is 0.0952. The van der Waals surface area contributed by atoms with E-state index in [0.717, 1.165) is 25.0 Å². The lowest BCUT2D eigenvalue weighted by Gasteiger charge is -2.28. The number of morpholine rings is 1. The molecule has 1 aliphatic carbocycles. The van der Waals surface area contributed by atoms with Gasteiger partial charge in [0.1, 0.15) is 6.61 Å². The predicted molar refractivity (Wildman–Crippen MR) is 53.6 cm³/mol. The standard InChI is InChI=1S/C11H15NO2/c13-11-9-14-8-7-12(11)10-5-3-1-2-4-6-10/h1,3,5H,2,4,6-9H2. The average molecular weight is 193 g/mol. The maximum absolute atomic E-state index is 11.5. The van der Waals surface area contributed by atoms with Crippen molar-refractivity contribution in [1.82, 2.24) is 4.90 Å². The maximum atomic E-state index is 11.5. The molecule has 0 saturated carbocycles. The summed E-state index contributed by atoms with van der Waals surface area (Å²) in [6, 6.07) is 0. The first-order chi connectivity index (χ1) is 6.88. The van der Waals surface area contributed by atoms with Crippen molar-refractivity contribution in [2.24, 2.45) is 0 Å². The molecule has 0 bridgehead atoms. The smallest absolute Gasteiger partial charge is 0.252 e. The zero-order valence-electron chi connectivity index (χ0n) is 8.24. The number of ether oxygens (including phenoxy) is 1. The molecule has 1 fully saturated rings. The number of rotatable bonds is 1. The van der Waals surface area contributed by atoms with Crippen LogP contribution in [0.3, 0.4) is 0 Å². The van der Waals surface area contributed by atoms with Crippen LogP contribution in [0, 0.1) is 0 Å². The number of carbonyl (C=O) groups is 1. The van der Waals surface area contributed by atoms with E-state index >= 15 is 0 Å². The molecular weight excluding hydrogens is 178 g/mol. The second kappa shape index (κ2) is 4.42. The third kappa shape index (κ3) is 2.04. The molecule has 0 unspecified atom stereocenters. The van der Waals surface area contributed by atoms with Gasteiger partial charge < -0.3 is 9.64 Å². The van der Waals surface area contributed by atoms with Gasteiger partial charge in [0.15, 0.2) is 0 Å². The largest absolute Gasteiger partial charge is 0.370 e. The van der Waals surface area contributed by atoms with Crippen LogP contribution in [0.5, 0.6) is 0 Å². The molecule has 0 aromatic carbocycles. The highest BCUT2D eigenvalue weighted by Gasteiger charge is 2.21. The van der Waals surface area contributed by atoms with Crippen molar-refractivity contribution in [2.75, 3.05) is 19.8 Å². The summed E-state index contributed by atoms with van der Waals surface area (Å²) >= 11 is 0. The Balaban J connectivity index is 2.08. The normalized spacial score (nSPS) is 23.3. The quantitative estimate of drug-likeness (QED) is 0.631. The van der Waals surface area contributed by atoms with Crippen LogP contribution >= 0.6 is 0 Å². The monoisotopic (exact) mass is 193 g/mol. The van der Waals surface area contributed by atoms with Crippen molar-refractivity contribution < 1.29 is 9.53 Å². The van der Waals surface area contributed by atoms with Crippen LogP contribution < -0.4 is 0 Å². The molecule has 1 heterocycles.